The number of fused-ring (bicyclic) bond motifs is 5. The summed E-state index contributed by atoms with van der Waals surface area (Å²) in [4.78, 5) is 24.0. The van der Waals surface area contributed by atoms with Crippen molar-refractivity contribution in [2.45, 2.75) is 71.3 Å². The number of hydrogen-bond donors (Lipinski definition) is 1. The molecule has 130 valence electrons. The second-order valence-electron chi connectivity index (χ2n) is 8.98. The molecule has 24 heavy (non-hydrogen) atoms. The minimum Gasteiger partial charge on any atom is -0.381 e. The van der Waals surface area contributed by atoms with Gasteiger partial charge in [0.1, 0.15) is 5.60 Å². The van der Waals surface area contributed by atoms with E-state index in [2.05, 4.69) is 19.9 Å². The zero-order chi connectivity index (χ0) is 17.3. The Morgan fingerprint density at radius 1 is 1.17 bits per heavy atom. The summed E-state index contributed by atoms with van der Waals surface area (Å²) < 4.78 is 0. The van der Waals surface area contributed by atoms with Crippen molar-refractivity contribution in [3.63, 3.8) is 0 Å². The van der Waals surface area contributed by atoms with Gasteiger partial charge in [0.15, 0.2) is 11.6 Å². The normalized spacial score (nSPS) is 47.2. The summed E-state index contributed by atoms with van der Waals surface area (Å²) >= 11 is 0. The molecule has 0 aromatic heterocycles. The largest absolute Gasteiger partial charge is 0.381 e. The maximum Gasteiger partial charge on any atom is 0.161 e. The molecule has 0 bridgehead atoms. The number of ketones is 2. The second-order valence-corrected chi connectivity index (χ2v) is 8.98. The minimum absolute atomic E-state index is 0.0718. The van der Waals surface area contributed by atoms with Gasteiger partial charge in [0.2, 0.25) is 0 Å². The second kappa shape index (κ2) is 4.91. The smallest absolute Gasteiger partial charge is 0.161 e. The third-order valence-electron chi connectivity index (χ3n) is 8.13. The van der Waals surface area contributed by atoms with Crippen LogP contribution in [0.1, 0.15) is 65.7 Å². The Hall–Kier alpha value is -1.22. The fourth-order valence-electron chi connectivity index (χ4n) is 6.46. The molecule has 4 aliphatic carbocycles. The van der Waals surface area contributed by atoms with Crippen molar-refractivity contribution in [3.8, 4) is 0 Å². The van der Waals surface area contributed by atoms with Crippen molar-refractivity contribution in [1.29, 1.82) is 0 Å². The summed E-state index contributed by atoms with van der Waals surface area (Å²) in [5.41, 5.74) is 1.37. The van der Waals surface area contributed by atoms with E-state index in [1.54, 1.807) is 6.92 Å². The van der Waals surface area contributed by atoms with Crippen molar-refractivity contribution >= 4 is 11.6 Å². The summed E-state index contributed by atoms with van der Waals surface area (Å²) in [6.07, 6.45) is 10.1. The quantitative estimate of drug-likeness (QED) is 0.746. The van der Waals surface area contributed by atoms with E-state index in [1.165, 1.54) is 11.1 Å². The van der Waals surface area contributed by atoms with Gasteiger partial charge >= 0.3 is 0 Å². The van der Waals surface area contributed by atoms with Crippen molar-refractivity contribution in [3.05, 3.63) is 23.3 Å². The maximum absolute atomic E-state index is 12.2. The van der Waals surface area contributed by atoms with Crippen LogP contribution in [0.3, 0.4) is 0 Å². The lowest BCUT2D eigenvalue weighted by Crippen LogP contribution is -2.54. The van der Waals surface area contributed by atoms with E-state index in [0.29, 0.717) is 24.7 Å². The van der Waals surface area contributed by atoms with Gasteiger partial charge in [-0.3, -0.25) is 9.59 Å². The highest BCUT2D eigenvalue weighted by atomic mass is 16.3. The van der Waals surface area contributed by atoms with Crippen molar-refractivity contribution in [2.24, 2.45) is 22.7 Å². The molecule has 0 aliphatic heterocycles. The van der Waals surface area contributed by atoms with E-state index in [4.69, 9.17) is 0 Å². The molecule has 4 aliphatic rings. The Kier molecular flexibility index (Phi) is 3.32. The monoisotopic (exact) mass is 328 g/mol. The lowest BCUT2D eigenvalue weighted by Gasteiger charge is -2.55. The van der Waals surface area contributed by atoms with Crippen molar-refractivity contribution in [2.75, 3.05) is 0 Å². The number of carbonyl (C=O) groups is 2. The van der Waals surface area contributed by atoms with Gasteiger partial charge in [-0.2, -0.15) is 0 Å². The molecule has 0 aromatic rings. The minimum atomic E-state index is -1.16. The SMILES string of the molecule is CC(=O)[C@@]1(O)CC[C@H]2C3=CCC4=CC(=O)CC[C@]4(C)[C@H]3CC[C@@]21C. The van der Waals surface area contributed by atoms with Gasteiger partial charge < -0.3 is 5.11 Å². The maximum atomic E-state index is 12.2. The highest BCUT2D eigenvalue weighted by molar-refractivity contribution is 5.92. The Bertz CT molecular complexity index is 687. The first-order valence-corrected chi connectivity index (χ1v) is 9.40. The summed E-state index contributed by atoms with van der Waals surface area (Å²) in [5.74, 6) is 0.975. The van der Waals surface area contributed by atoms with E-state index in [1.807, 2.05) is 6.08 Å². The molecule has 2 fully saturated rings. The predicted molar refractivity (Wildman–Crippen MR) is 92.3 cm³/mol. The number of rotatable bonds is 1. The fraction of sp³-hybridized carbons (Fsp3) is 0.714. The van der Waals surface area contributed by atoms with Crippen LogP contribution >= 0.6 is 0 Å². The molecule has 3 nitrogen and oxygen atoms in total. The van der Waals surface area contributed by atoms with Crippen LogP contribution in [0, 0.1) is 22.7 Å². The van der Waals surface area contributed by atoms with Crippen molar-refractivity contribution in [1.82, 2.24) is 0 Å². The number of carbonyl (C=O) groups excluding carboxylic acids is 2. The molecule has 0 saturated heterocycles. The first kappa shape index (κ1) is 16.3. The molecule has 0 spiro atoms. The van der Waals surface area contributed by atoms with Gasteiger partial charge in [-0.25, -0.2) is 0 Å². The van der Waals surface area contributed by atoms with Crippen LogP contribution in [0.15, 0.2) is 23.3 Å². The number of Topliss-reactive ketones (excluding diaryl/α,β-unsaturated/α-hetero) is 1. The summed E-state index contributed by atoms with van der Waals surface area (Å²) in [6, 6.07) is 0. The molecule has 2 saturated carbocycles. The van der Waals surface area contributed by atoms with Crippen LogP contribution in [0.4, 0.5) is 0 Å². The third kappa shape index (κ3) is 1.82. The Balaban J connectivity index is 1.76. The van der Waals surface area contributed by atoms with Crippen LogP contribution in [-0.4, -0.2) is 22.3 Å². The highest BCUT2D eigenvalue weighted by Crippen LogP contribution is 2.66. The number of hydrogen-bond acceptors (Lipinski definition) is 3. The predicted octanol–water partition coefficient (Wildman–Crippen LogP) is 3.76. The standard InChI is InChI=1S/C21H28O3/c1-13(22)21(24)11-8-18-16-5-4-14-12-15(23)6-9-19(14,2)17(16)7-10-20(18,21)3/h5,12,17-18,24H,4,6-11H2,1-3H3/t17-,18-,19-,20-,21-/m0/s1. The molecule has 0 radical (unpaired) electrons. The van der Waals surface area contributed by atoms with Crippen LogP contribution in [0.25, 0.3) is 0 Å². The average molecular weight is 328 g/mol. The van der Waals surface area contributed by atoms with E-state index >= 15 is 0 Å². The zero-order valence-corrected chi connectivity index (χ0v) is 15.0. The molecule has 0 heterocycles. The van der Waals surface area contributed by atoms with E-state index < -0.39 is 5.60 Å². The van der Waals surface area contributed by atoms with E-state index in [9.17, 15) is 14.7 Å². The molecule has 0 amide bonds. The first-order chi connectivity index (χ1) is 11.2. The average Bonchev–Trinajstić information content (AvgIpc) is 2.81. The number of allylic oxidation sites excluding steroid dienone is 4. The zero-order valence-electron chi connectivity index (χ0n) is 15.0. The first-order valence-electron chi connectivity index (χ1n) is 9.40. The van der Waals surface area contributed by atoms with Crippen LogP contribution in [0.2, 0.25) is 0 Å². The summed E-state index contributed by atoms with van der Waals surface area (Å²) in [5, 5.41) is 11.1. The molecule has 0 aromatic carbocycles. The van der Waals surface area contributed by atoms with Gasteiger partial charge in [-0.1, -0.05) is 31.1 Å². The number of aliphatic hydroxyl groups is 1. The molecule has 5 atom stereocenters. The highest BCUT2D eigenvalue weighted by Gasteiger charge is 2.63. The lowest BCUT2D eigenvalue weighted by molar-refractivity contribution is -0.151. The van der Waals surface area contributed by atoms with Gasteiger partial charge in [0.25, 0.3) is 0 Å². The molecule has 1 N–H and O–H groups in total. The molecule has 4 rings (SSSR count). The third-order valence-corrected chi connectivity index (χ3v) is 8.13. The van der Waals surface area contributed by atoms with Crippen molar-refractivity contribution < 1.29 is 14.7 Å². The van der Waals surface area contributed by atoms with Crippen LogP contribution < -0.4 is 0 Å². The van der Waals surface area contributed by atoms with Gasteiger partial charge in [-0.15, -0.1) is 0 Å². The Labute approximate surface area is 144 Å². The van der Waals surface area contributed by atoms with Crippen LogP contribution in [0.5, 0.6) is 0 Å². The lowest BCUT2D eigenvalue weighted by atomic mass is 9.49. The van der Waals surface area contributed by atoms with Gasteiger partial charge in [0, 0.05) is 11.8 Å². The van der Waals surface area contributed by atoms with Crippen LogP contribution in [-0.2, 0) is 9.59 Å². The Morgan fingerprint density at radius 3 is 2.58 bits per heavy atom. The van der Waals surface area contributed by atoms with Gasteiger partial charge in [0.05, 0.1) is 0 Å². The topological polar surface area (TPSA) is 54.4 Å². The Morgan fingerprint density at radius 2 is 1.88 bits per heavy atom. The molecule has 3 heteroatoms. The molecule has 0 unspecified atom stereocenters. The fourth-order valence-corrected chi connectivity index (χ4v) is 6.46. The summed E-state index contributed by atoms with van der Waals surface area (Å²) in [6.45, 7) is 6.00. The molecular weight excluding hydrogens is 300 g/mol. The van der Waals surface area contributed by atoms with E-state index in [0.717, 1.165) is 32.1 Å². The molecular formula is C21H28O3. The van der Waals surface area contributed by atoms with E-state index in [-0.39, 0.29) is 22.4 Å². The summed E-state index contributed by atoms with van der Waals surface area (Å²) in [7, 11) is 0. The van der Waals surface area contributed by atoms with Gasteiger partial charge in [-0.05, 0) is 68.8 Å².